The third-order valence-electron chi connectivity index (χ3n) is 5.99. The molecule has 2 bridgehead atoms. The maximum atomic E-state index is 11.6. The van der Waals surface area contributed by atoms with Crippen molar-refractivity contribution in [2.24, 2.45) is 17.6 Å². The lowest BCUT2D eigenvalue weighted by Crippen LogP contribution is -2.51. The Morgan fingerprint density at radius 2 is 1.81 bits per heavy atom. The molecule has 0 spiro atoms. The van der Waals surface area contributed by atoms with E-state index in [0.29, 0.717) is 5.56 Å². The zero-order valence-corrected chi connectivity index (χ0v) is 15.3. The predicted molar refractivity (Wildman–Crippen MR) is 102 cm³/mol. The largest absolute Gasteiger partial charge is 0.384 e. The standard InChI is InChI=1S/C21H23ClN2O2/c22-19-8-4-14(5-9-19)11-24-12-17-6-7-18(13-24)21(17,26)16-3-1-2-15(10-16)20(23)25/h1-5,8-10,17-18,26H,6-7,11-13H2,(H2,23,25). The van der Waals surface area contributed by atoms with Gasteiger partial charge >= 0.3 is 0 Å². The molecule has 2 aliphatic rings. The van der Waals surface area contributed by atoms with Gasteiger partial charge in [0.05, 0.1) is 5.60 Å². The lowest BCUT2D eigenvalue weighted by molar-refractivity contribution is -0.0914. The molecule has 4 nitrogen and oxygen atoms in total. The highest BCUT2D eigenvalue weighted by Crippen LogP contribution is 2.51. The van der Waals surface area contributed by atoms with Crippen LogP contribution >= 0.6 is 11.6 Å². The zero-order chi connectivity index (χ0) is 18.3. The molecule has 0 aromatic heterocycles. The summed E-state index contributed by atoms with van der Waals surface area (Å²) >= 11 is 5.97. The number of hydrogen-bond donors (Lipinski definition) is 2. The molecule has 1 aliphatic carbocycles. The van der Waals surface area contributed by atoms with Gasteiger partial charge in [-0.1, -0.05) is 35.9 Å². The van der Waals surface area contributed by atoms with E-state index in [0.717, 1.165) is 43.1 Å². The van der Waals surface area contributed by atoms with Crippen molar-refractivity contribution in [3.8, 4) is 0 Å². The molecular formula is C21H23ClN2O2. The number of hydrogen-bond acceptors (Lipinski definition) is 3. The summed E-state index contributed by atoms with van der Waals surface area (Å²) in [5.41, 5.74) is 7.06. The summed E-state index contributed by atoms with van der Waals surface area (Å²) in [5, 5.41) is 12.3. The molecule has 26 heavy (non-hydrogen) atoms. The Hall–Kier alpha value is -1.88. The monoisotopic (exact) mass is 370 g/mol. The fourth-order valence-electron chi connectivity index (χ4n) is 4.70. The van der Waals surface area contributed by atoms with Gasteiger partial charge in [0.1, 0.15) is 0 Å². The summed E-state index contributed by atoms with van der Waals surface area (Å²) in [6.07, 6.45) is 2.00. The molecule has 5 heteroatoms. The first kappa shape index (κ1) is 17.5. The maximum absolute atomic E-state index is 11.6. The molecule has 136 valence electrons. The Kier molecular flexibility index (Phi) is 4.51. The molecule has 1 heterocycles. The van der Waals surface area contributed by atoms with E-state index in [1.54, 1.807) is 12.1 Å². The van der Waals surface area contributed by atoms with Crippen LogP contribution in [0.2, 0.25) is 5.02 Å². The van der Waals surface area contributed by atoms with Crippen LogP contribution in [0.4, 0.5) is 0 Å². The van der Waals surface area contributed by atoms with E-state index in [1.165, 1.54) is 5.56 Å². The molecule has 0 radical (unpaired) electrons. The van der Waals surface area contributed by atoms with Gasteiger partial charge in [0.25, 0.3) is 0 Å². The number of rotatable bonds is 4. The molecule has 2 aromatic carbocycles. The van der Waals surface area contributed by atoms with Crippen molar-refractivity contribution in [2.75, 3.05) is 13.1 Å². The number of primary amides is 1. The van der Waals surface area contributed by atoms with Gasteiger partial charge in [-0.2, -0.15) is 0 Å². The Labute approximate surface area is 158 Å². The highest BCUT2D eigenvalue weighted by Gasteiger charge is 2.53. The molecule has 1 amide bonds. The molecule has 2 atom stereocenters. The lowest BCUT2D eigenvalue weighted by atomic mass is 9.75. The average molecular weight is 371 g/mol. The van der Waals surface area contributed by atoms with Crippen molar-refractivity contribution < 1.29 is 9.90 Å². The van der Waals surface area contributed by atoms with Gasteiger partial charge in [0, 0.05) is 42.1 Å². The normalized spacial score (nSPS) is 28.2. The van der Waals surface area contributed by atoms with Crippen LogP contribution in [0.5, 0.6) is 0 Å². The minimum atomic E-state index is -0.873. The van der Waals surface area contributed by atoms with Crippen molar-refractivity contribution in [3.05, 3.63) is 70.2 Å². The van der Waals surface area contributed by atoms with E-state index < -0.39 is 11.5 Å². The summed E-state index contributed by atoms with van der Waals surface area (Å²) in [6.45, 7) is 2.55. The summed E-state index contributed by atoms with van der Waals surface area (Å²) < 4.78 is 0. The third kappa shape index (κ3) is 3.02. The van der Waals surface area contributed by atoms with E-state index in [2.05, 4.69) is 17.0 Å². The molecule has 1 saturated carbocycles. The SMILES string of the molecule is NC(=O)c1cccc(C2(O)C3CCC2CN(Cc2ccc(Cl)cc2)C3)c1. The smallest absolute Gasteiger partial charge is 0.248 e. The Balaban J connectivity index is 1.55. The summed E-state index contributed by atoms with van der Waals surface area (Å²) in [5.74, 6) is -0.128. The summed E-state index contributed by atoms with van der Waals surface area (Å²) in [7, 11) is 0. The number of nitrogens with two attached hydrogens (primary N) is 1. The van der Waals surface area contributed by atoms with E-state index >= 15 is 0 Å². The van der Waals surface area contributed by atoms with Crippen LogP contribution in [0.1, 0.15) is 34.3 Å². The van der Waals surface area contributed by atoms with Gasteiger partial charge < -0.3 is 10.8 Å². The van der Waals surface area contributed by atoms with E-state index in [9.17, 15) is 9.90 Å². The predicted octanol–water partition coefficient (Wildman–Crippen LogP) is 3.17. The number of carbonyl (C=O) groups is 1. The average Bonchev–Trinajstić information content (AvgIpc) is 2.82. The second-order valence-corrected chi connectivity index (χ2v) is 8.00. The first-order valence-electron chi connectivity index (χ1n) is 9.06. The minimum Gasteiger partial charge on any atom is -0.384 e. The van der Waals surface area contributed by atoms with Crippen LogP contribution in [0.25, 0.3) is 0 Å². The number of amides is 1. The fraction of sp³-hybridized carbons (Fsp3) is 0.381. The first-order valence-corrected chi connectivity index (χ1v) is 9.44. The maximum Gasteiger partial charge on any atom is 0.248 e. The molecule has 1 saturated heterocycles. The van der Waals surface area contributed by atoms with Gasteiger partial charge in [0.2, 0.25) is 5.91 Å². The molecule has 2 unspecified atom stereocenters. The van der Waals surface area contributed by atoms with Crippen LogP contribution in [0.3, 0.4) is 0 Å². The van der Waals surface area contributed by atoms with Crippen LogP contribution < -0.4 is 5.73 Å². The Bertz CT molecular complexity index is 807. The summed E-state index contributed by atoms with van der Waals surface area (Å²) in [6, 6.07) is 15.2. The number of halogens is 1. The number of piperidine rings is 1. The molecule has 2 fully saturated rings. The number of benzene rings is 2. The highest BCUT2D eigenvalue weighted by atomic mass is 35.5. The number of nitrogens with zero attached hydrogens (tertiary/aromatic N) is 1. The van der Waals surface area contributed by atoms with Gasteiger partial charge in [-0.05, 0) is 48.2 Å². The highest BCUT2D eigenvalue weighted by molar-refractivity contribution is 6.30. The number of likely N-dealkylation sites (tertiary alicyclic amines) is 1. The van der Waals surface area contributed by atoms with Crippen LogP contribution in [0, 0.1) is 11.8 Å². The van der Waals surface area contributed by atoms with Crippen molar-refractivity contribution in [2.45, 2.75) is 25.0 Å². The first-order chi connectivity index (χ1) is 12.5. The van der Waals surface area contributed by atoms with Gasteiger partial charge in [-0.3, -0.25) is 9.69 Å². The molecule has 4 rings (SSSR count). The van der Waals surface area contributed by atoms with E-state index in [-0.39, 0.29) is 11.8 Å². The Morgan fingerprint density at radius 3 is 2.42 bits per heavy atom. The third-order valence-corrected chi connectivity index (χ3v) is 6.25. The molecule has 2 aromatic rings. The number of aliphatic hydroxyl groups is 1. The van der Waals surface area contributed by atoms with Crippen LogP contribution in [-0.4, -0.2) is 29.0 Å². The van der Waals surface area contributed by atoms with Crippen molar-refractivity contribution in [1.29, 1.82) is 0 Å². The quantitative estimate of drug-likeness (QED) is 0.868. The second kappa shape index (κ2) is 6.69. The topological polar surface area (TPSA) is 66.6 Å². The Morgan fingerprint density at radius 1 is 1.15 bits per heavy atom. The number of fused-ring (bicyclic) bond motifs is 2. The van der Waals surface area contributed by atoms with Gasteiger partial charge in [0.15, 0.2) is 0 Å². The van der Waals surface area contributed by atoms with Crippen molar-refractivity contribution in [1.82, 2.24) is 4.90 Å². The number of carbonyl (C=O) groups excluding carboxylic acids is 1. The fourth-order valence-corrected chi connectivity index (χ4v) is 4.83. The summed E-state index contributed by atoms with van der Waals surface area (Å²) in [4.78, 5) is 13.9. The van der Waals surface area contributed by atoms with Crippen LogP contribution in [0.15, 0.2) is 48.5 Å². The zero-order valence-electron chi connectivity index (χ0n) is 14.6. The van der Waals surface area contributed by atoms with Crippen molar-refractivity contribution >= 4 is 17.5 Å². The minimum absolute atomic E-state index is 0.164. The lowest BCUT2D eigenvalue weighted by Gasteiger charge is -2.45. The van der Waals surface area contributed by atoms with Gasteiger partial charge in [-0.15, -0.1) is 0 Å². The second-order valence-electron chi connectivity index (χ2n) is 7.56. The van der Waals surface area contributed by atoms with E-state index in [4.69, 9.17) is 17.3 Å². The van der Waals surface area contributed by atoms with E-state index in [1.807, 2.05) is 24.3 Å². The molecule has 1 aliphatic heterocycles. The molecular weight excluding hydrogens is 348 g/mol. The van der Waals surface area contributed by atoms with Gasteiger partial charge in [-0.25, -0.2) is 0 Å². The van der Waals surface area contributed by atoms with Crippen LogP contribution in [-0.2, 0) is 12.1 Å². The molecule has 3 N–H and O–H groups in total. The van der Waals surface area contributed by atoms with Crippen molar-refractivity contribution in [3.63, 3.8) is 0 Å².